The Bertz CT molecular complexity index is 807. The molecule has 0 fully saturated rings. The molecular weight excluding hydrogens is 316 g/mol. The molecule has 1 atom stereocenters. The zero-order chi connectivity index (χ0) is 17.6. The van der Waals surface area contributed by atoms with Crippen LogP contribution in [0.3, 0.4) is 0 Å². The van der Waals surface area contributed by atoms with Crippen LogP contribution in [-0.4, -0.2) is 33.4 Å². The third-order valence-corrected chi connectivity index (χ3v) is 4.14. The van der Waals surface area contributed by atoms with Crippen molar-refractivity contribution in [1.82, 2.24) is 14.5 Å². The van der Waals surface area contributed by atoms with Crippen molar-refractivity contribution in [3.63, 3.8) is 0 Å². The van der Waals surface area contributed by atoms with Crippen LogP contribution in [0.2, 0.25) is 0 Å². The highest BCUT2D eigenvalue weighted by Gasteiger charge is 2.18. The zero-order valence-corrected chi connectivity index (χ0v) is 14.5. The molecule has 3 rings (SSSR count). The maximum absolute atomic E-state index is 5.99. The van der Waals surface area contributed by atoms with Gasteiger partial charge in [0.25, 0.3) is 0 Å². The molecule has 2 aromatic rings. The molecule has 0 spiro atoms. The number of hydrogen-bond donors (Lipinski definition) is 2. The standard InChI is InChI=1S/C18H24N6O/c1-3-5-13-8-11-25-14(6-9-20-4-2)12-24-10-7-15-16(24)17(21-13)23-18(19)22-15/h4,6-7,9-10,13H,2-3,5,8,11-12H2,1H3,(H3,19,21,22,23). The molecule has 7 nitrogen and oxygen atoms in total. The van der Waals surface area contributed by atoms with Gasteiger partial charge in [0.1, 0.15) is 11.3 Å². The normalized spacial score (nSPS) is 19.7. The fourth-order valence-electron chi connectivity index (χ4n) is 3.02. The summed E-state index contributed by atoms with van der Waals surface area (Å²) in [4.78, 5) is 12.8. The molecule has 25 heavy (non-hydrogen) atoms. The van der Waals surface area contributed by atoms with E-state index < -0.39 is 0 Å². The molecule has 0 aliphatic carbocycles. The summed E-state index contributed by atoms with van der Waals surface area (Å²) in [6.45, 7) is 6.96. The predicted molar refractivity (Wildman–Crippen MR) is 102 cm³/mol. The minimum atomic E-state index is 0.270. The number of aliphatic imine (C=N–C) groups is 1. The largest absolute Gasteiger partial charge is 0.496 e. The molecule has 7 heteroatoms. The Morgan fingerprint density at radius 2 is 2.40 bits per heavy atom. The van der Waals surface area contributed by atoms with Gasteiger partial charge in [-0.1, -0.05) is 19.9 Å². The monoisotopic (exact) mass is 340 g/mol. The van der Waals surface area contributed by atoms with Crippen molar-refractivity contribution >= 4 is 29.0 Å². The van der Waals surface area contributed by atoms with Crippen LogP contribution in [0.5, 0.6) is 0 Å². The molecule has 1 aliphatic heterocycles. The van der Waals surface area contributed by atoms with E-state index in [9.17, 15) is 0 Å². The highest BCUT2D eigenvalue weighted by molar-refractivity contribution is 5.87. The number of anilines is 2. The smallest absolute Gasteiger partial charge is 0.222 e. The molecule has 0 saturated carbocycles. The summed E-state index contributed by atoms with van der Waals surface area (Å²) in [6, 6.07) is 2.22. The van der Waals surface area contributed by atoms with E-state index in [1.54, 1.807) is 6.21 Å². The van der Waals surface area contributed by atoms with E-state index in [4.69, 9.17) is 10.5 Å². The summed E-state index contributed by atoms with van der Waals surface area (Å²) in [5.74, 6) is 1.90. The highest BCUT2D eigenvalue weighted by Crippen LogP contribution is 2.26. The molecule has 3 N–H and O–H groups in total. The van der Waals surface area contributed by atoms with E-state index >= 15 is 0 Å². The molecule has 0 radical (unpaired) electrons. The van der Waals surface area contributed by atoms with Crippen molar-refractivity contribution in [2.45, 2.75) is 38.8 Å². The van der Waals surface area contributed by atoms with E-state index in [-0.39, 0.29) is 12.0 Å². The quantitative estimate of drug-likeness (QED) is 0.835. The van der Waals surface area contributed by atoms with Crippen LogP contribution < -0.4 is 11.1 Å². The average Bonchev–Trinajstić information content (AvgIpc) is 2.97. The van der Waals surface area contributed by atoms with Crippen molar-refractivity contribution in [2.75, 3.05) is 17.7 Å². The van der Waals surface area contributed by atoms with Gasteiger partial charge < -0.3 is 20.4 Å². The lowest BCUT2D eigenvalue weighted by Gasteiger charge is -2.23. The second kappa shape index (κ2) is 7.83. The highest BCUT2D eigenvalue weighted by atomic mass is 16.5. The van der Waals surface area contributed by atoms with Crippen LogP contribution in [0.4, 0.5) is 11.8 Å². The first-order chi connectivity index (χ1) is 12.2. The first-order valence-corrected chi connectivity index (χ1v) is 8.56. The molecule has 1 unspecified atom stereocenters. The first kappa shape index (κ1) is 17.0. The van der Waals surface area contributed by atoms with E-state index in [1.165, 1.54) is 6.20 Å². The third-order valence-electron chi connectivity index (χ3n) is 4.14. The van der Waals surface area contributed by atoms with Gasteiger partial charge in [0.15, 0.2) is 5.82 Å². The van der Waals surface area contributed by atoms with Gasteiger partial charge in [-0.2, -0.15) is 4.98 Å². The minimum Gasteiger partial charge on any atom is -0.496 e. The number of nitrogens with one attached hydrogen (secondary N) is 1. The van der Waals surface area contributed by atoms with Crippen LogP contribution in [0.25, 0.3) is 11.0 Å². The molecule has 1 aliphatic rings. The Hall–Kier alpha value is -2.83. The number of rotatable bonds is 4. The number of nitrogen functional groups attached to an aromatic ring is 1. The van der Waals surface area contributed by atoms with Gasteiger partial charge in [-0.15, -0.1) is 0 Å². The first-order valence-electron chi connectivity index (χ1n) is 8.56. The molecule has 132 valence electrons. The van der Waals surface area contributed by atoms with Crippen LogP contribution in [0, 0.1) is 0 Å². The van der Waals surface area contributed by atoms with Gasteiger partial charge in [0.2, 0.25) is 5.95 Å². The van der Waals surface area contributed by atoms with Crippen LogP contribution >= 0.6 is 0 Å². The Labute approximate surface area is 147 Å². The summed E-state index contributed by atoms with van der Waals surface area (Å²) in [6.07, 6.45) is 10.0. The SMILES string of the molecule is C=CN=CC=C1Cn2ccc3nc(N)nc(c32)NC(CCC)CCO1. The number of nitrogens with zero attached hydrogens (tertiary/aromatic N) is 4. The Balaban J connectivity index is 2.05. The molecule has 0 bridgehead atoms. The minimum absolute atomic E-state index is 0.270. The zero-order valence-electron chi connectivity index (χ0n) is 14.5. The second-order valence-electron chi connectivity index (χ2n) is 5.99. The predicted octanol–water partition coefficient (Wildman–Crippen LogP) is 3.11. The maximum atomic E-state index is 5.99. The fourth-order valence-corrected chi connectivity index (χ4v) is 3.02. The Kier molecular flexibility index (Phi) is 5.33. The van der Waals surface area contributed by atoms with Gasteiger partial charge in [-0.25, -0.2) is 4.98 Å². The Morgan fingerprint density at radius 1 is 1.52 bits per heavy atom. The molecule has 0 aromatic carbocycles. The van der Waals surface area contributed by atoms with E-state index in [2.05, 4.69) is 38.3 Å². The maximum Gasteiger partial charge on any atom is 0.222 e. The molecule has 0 amide bonds. The number of allylic oxidation sites excluding steroid dienone is 2. The van der Waals surface area contributed by atoms with Crippen molar-refractivity contribution < 1.29 is 4.74 Å². The van der Waals surface area contributed by atoms with Crippen molar-refractivity contribution in [3.05, 3.63) is 36.9 Å². The molecule has 0 saturated heterocycles. The van der Waals surface area contributed by atoms with Crippen LogP contribution in [-0.2, 0) is 11.3 Å². The summed E-state index contributed by atoms with van der Waals surface area (Å²) in [5, 5.41) is 3.54. The van der Waals surface area contributed by atoms with E-state index in [0.29, 0.717) is 13.2 Å². The third kappa shape index (κ3) is 3.99. The molecular formula is C18H24N6O. The van der Waals surface area contributed by atoms with Crippen LogP contribution in [0.15, 0.2) is 41.9 Å². The lowest BCUT2D eigenvalue weighted by molar-refractivity contribution is 0.188. The summed E-state index contributed by atoms with van der Waals surface area (Å²) >= 11 is 0. The number of aromatic nitrogens is 3. The van der Waals surface area contributed by atoms with Crippen molar-refractivity contribution in [1.29, 1.82) is 0 Å². The van der Waals surface area contributed by atoms with Gasteiger partial charge in [0.05, 0.1) is 18.7 Å². The summed E-state index contributed by atoms with van der Waals surface area (Å²) in [7, 11) is 0. The lowest BCUT2D eigenvalue weighted by atomic mass is 10.1. The molecule has 2 aromatic heterocycles. The van der Waals surface area contributed by atoms with Gasteiger partial charge in [0, 0.05) is 31.1 Å². The van der Waals surface area contributed by atoms with Gasteiger partial charge in [-0.05, 0) is 18.6 Å². The number of ether oxygens (including phenoxy) is 1. The van der Waals surface area contributed by atoms with Crippen molar-refractivity contribution in [3.8, 4) is 0 Å². The Morgan fingerprint density at radius 3 is 3.20 bits per heavy atom. The van der Waals surface area contributed by atoms with E-state index in [1.807, 2.05) is 18.3 Å². The topological polar surface area (TPSA) is 90.4 Å². The van der Waals surface area contributed by atoms with Gasteiger partial charge in [-0.3, -0.25) is 4.99 Å². The summed E-state index contributed by atoms with van der Waals surface area (Å²) < 4.78 is 8.06. The number of nitrogens with two attached hydrogens (primary N) is 1. The second-order valence-corrected chi connectivity index (χ2v) is 5.99. The fraction of sp³-hybridized carbons (Fsp3) is 0.389. The molecule has 3 heterocycles. The van der Waals surface area contributed by atoms with Gasteiger partial charge >= 0.3 is 0 Å². The van der Waals surface area contributed by atoms with Crippen molar-refractivity contribution in [2.24, 2.45) is 4.99 Å². The average molecular weight is 340 g/mol. The summed E-state index contributed by atoms with van der Waals surface area (Å²) in [5.41, 5.74) is 7.65. The van der Waals surface area contributed by atoms with E-state index in [0.717, 1.165) is 41.9 Å². The van der Waals surface area contributed by atoms with Crippen LogP contribution in [0.1, 0.15) is 26.2 Å². The number of hydrogen-bond acceptors (Lipinski definition) is 6. The lowest BCUT2D eigenvalue weighted by Crippen LogP contribution is -2.24.